The first kappa shape index (κ1) is 26.4. The lowest BCUT2D eigenvalue weighted by molar-refractivity contribution is 0.0377. The molecule has 2 saturated heterocycles. The first-order chi connectivity index (χ1) is 13.8. The van der Waals surface area contributed by atoms with Crippen LogP contribution >= 0.6 is 0 Å². The van der Waals surface area contributed by atoms with Crippen molar-refractivity contribution >= 4 is 12.2 Å². The topological polar surface area (TPSA) is 141 Å². The number of aliphatic hydroxyl groups is 2. The van der Waals surface area contributed by atoms with Gasteiger partial charge in [0.15, 0.2) is 0 Å². The van der Waals surface area contributed by atoms with Crippen molar-refractivity contribution in [2.24, 2.45) is 0 Å². The maximum Gasteiger partial charge on any atom is 0.408 e. The van der Waals surface area contributed by atoms with Crippen LogP contribution in [0.25, 0.3) is 0 Å². The molecule has 4 atom stereocenters. The molecule has 0 aliphatic carbocycles. The van der Waals surface area contributed by atoms with Crippen LogP contribution in [0.3, 0.4) is 0 Å². The summed E-state index contributed by atoms with van der Waals surface area (Å²) < 4.78 is 10.2. The molecule has 0 aromatic carbocycles. The summed E-state index contributed by atoms with van der Waals surface area (Å²) in [5.74, 6) is 0. The van der Waals surface area contributed by atoms with E-state index in [0.717, 1.165) is 13.1 Å². The van der Waals surface area contributed by atoms with Crippen molar-refractivity contribution in [3.8, 4) is 0 Å². The number of aliphatic hydroxyl groups excluding tert-OH is 2. The lowest BCUT2D eigenvalue weighted by Crippen LogP contribution is -2.54. The van der Waals surface area contributed by atoms with E-state index in [1.807, 2.05) is 41.5 Å². The predicted octanol–water partition coefficient (Wildman–Crippen LogP) is 0.468. The van der Waals surface area contributed by atoms with Crippen LogP contribution in [-0.4, -0.2) is 84.1 Å². The van der Waals surface area contributed by atoms with Crippen molar-refractivity contribution in [2.75, 3.05) is 26.2 Å². The third-order valence-electron chi connectivity index (χ3n) is 4.30. The SMILES string of the molecule is CC(C)(C)OC(=O)N[C@@H]1CNCC[C@H]1O.CC(C)(C)OC(=O)N[C@H]1CNCC[C@@H]1O. The number of carbonyl (C=O) groups excluding carboxylic acids is 2. The van der Waals surface area contributed by atoms with Crippen molar-refractivity contribution in [2.45, 2.75) is 89.9 Å². The largest absolute Gasteiger partial charge is 0.444 e. The molecule has 2 amide bonds. The van der Waals surface area contributed by atoms with Crippen LogP contribution < -0.4 is 21.3 Å². The Bertz CT molecular complexity index is 498. The van der Waals surface area contributed by atoms with Crippen molar-refractivity contribution < 1.29 is 29.3 Å². The summed E-state index contributed by atoms with van der Waals surface area (Å²) in [5, 5.41) is 30.7. The highest BCUT2D eigenvalue weighted by Gasteiger charge is 2.27. The number of rotatable bonds is 2. The van der Waals surface area contributed by atoms with Gasteiger partial charge in [-0.2, -0.15) is 0 Å². The molecule has 2 rings (SSSR count). The van der Waals surface area contributed by atoms with Crippen LogP contribution in [0.5, 0.6) is 0 Å². The van der Waals surface area contributed by atoms with Gasteiger partial charge < -0.3 is 41.0 Å². The van der Waals surface area contributed by atoms with Crippen molar-refractivity contribution in [1.82, 2.24) is 21.3 Å². The zero-order valence-electron chi connectivity index (χ0n) is 19.1. The average molecular weight is 433 g/mol. The van der Waals surface area contributed by atoms with Gasteiger partial charge in [-0.25, -0.2) is 9.59 Å². The molecule has 2 heterocycles. The van der Waals surface area contributed by atoms with Crippen LogP contribution in [0, 0.1) is 0 Å². The highest BCUT2D eigenvalue weighted by molar-refractivity contribution is 5.68. The Morgan fingerprint density at radius 2 is 1.10 bits per heavy atom. The number of alkyl carbamates (subject to hydrolysis) is 2. The molecule has 0 aromatic heterocycles. The molecule has 2 fully saturated rings. The maximum atomic E-state index is 11.4. The fraction of sp³-hybridized carbons (Fsp3) is 0.900. The summed E-state index contributed by atoms with van der Waals surface area (Å²) in [6, 6.07) is -0.512. The monoisotopic (exact) mass is 432 g/mol. The molecule has 0 unspecified atom stereocenters. The van der Waals surface area contributed by atoms with Crippen LogP contribution in [0.2, 0.25) is 0 Å². The summed E-state index contributed by atoms with van der Waals surface area (Å²) in [7, 11) is 0. The van der Waals surface area contributed by atoms with Gasteiger partial charge in [0, 0.05) is 13.1 Å². The standard InChI is InChI=1S/2C10H20N2O3/c2*1-10(2,3)15-9(14)12-7-6-11-5-4-8(7)13/h2*7-8,11,13H,4-6H2,1-3H3,(H,12,14)/t2*7-,8-/m10/s1. The van der Waals surface area contributed by atoms with Gasteiger partial charge in [0.05, 0.1) is 24.3 Å². The second-order valence-electron chi connectivity index (χ2n) is 9.63. The molecular weight excluding hydrogens is 392 g/mol. The molecule has 176 valence electrons. The highest BCUT2D eigenvalue weighted by atomic mass is 16.6. The van der Waals surface area contributed by atoms with E-state index in [-0.39, 0.29) is 12.1 Å². The number of ether oxygens (including phenoxy) is 2. The van der Waals surface area contributed by atoms with E-state index in [0.29, 0.717) is 25.9 Å². The number of piperidine rings is 2. The van der Waals surface area contributed by atoms with Gasteiger partial charge in [-0.1, -0.05) is 0 Å². The number of hydrogen-bond acceptors (Lipinski definition) is 8. The normalized spacial score (nSPS) is 27.2. The van der Waals surface area contributed by atoms with Crippen LogP contribution in [-0.2, 0) is 9.47 Å². The van der Waals surface area contributed by atoms with Gasteiger partial charge >= 0.3 is 12.2 Å². The van der Waals surface area contributed by atoms with Crippen LogP contribution in [0.15, 0.2) is 0 Å². The second kappa shape index (κ2) is 11.7. The molecule has 10 nitrogen and oxygen atoms in total. The number of hydrogen-bond donors (Lipinski definition) is 6. The first-order valence-electron chi connectivity index (χ1n) is 10.5. The zero-order valence-corrected chi connectivity index (χ0v) is 19.1. The molecule has 0 saturated carbocycles. The van der Waals surface area contributed by atoms with Gasteiger partial charge in [0.25, 0.3) is 0 Å². The fourth-order valence-electron chi connectivity index (χ4n) is 2.90. The molecule has 30 heavy (non-hydrogen) atoms. The van der Waals surface area contributed by atoms with Crippen molar-refractivity contribution in [1.29, 1.82) is 0 Å². The lowest BCUT2D eigenvalue weighted by atomic mass is 10.0. The molecule has 6 N–H and O–H groups in total. The third kappa shape index (κ3) is 11.5. The Kier molecular flexibility index (Phi) is 10.3. The molecule has 2 aliphatic rings. The van der Waals surface area contributed by atoms with E-state index < -0.39 is 35.6 Å². The summed E-state index contributed by atoms with van der Waals surface area (Å²) in [5.41, 5.74) is -1.01. The molecular formula is C20H40N4O6. The van der Waals surface area contributed by atoms with Gasteiger partial charge in [0.1, 0.15) is 11.2 Å². The quantitative estimate of drug-likeness (QED) is 0.370. The summed E-state index contributed by atoms with van der Waals surface area (Å²) in [4.78, 5) is 22.8. The van der Waals surface area contributed by atoms with E-state index in [4.69, 9.17) is 9.47 Å². The Morgan fingerprint density at radius 3 is 1.37 bits per heavy atom. The Labute approximate surface area is 179 Å². The minimum Gasteiger partial charge on any atom is -0.444 e. The number of nitrogens with one attached hydrogen (secondary N) is 4. The van der Waals surface area contributed by atoms with E-state index in [9.17, 15) is 19.8 Å². The maximum absolute atomic E-state index is 11.4. The number of carbonyl (C=O) groups is 2. The smallest absolute Gasteiger partial charge is 0.408 e. The number of amides is 2. The second-order valence-corrected chi connectivity index (χ2v) is 9.63. The molecule has 0 aromatic rings. The van der Waals surface area contributed by atoms with E-state index in [1.165, 1.54) is 0 Å². The summed E-state index contributed by atoms with van der Waals surface area (Å²) in [6.07, 6.45) is -0.621. The van der Waals surface area contributed by atoms with E-state index >= 15 is 0 Å². The predicted molar refractivity (Wildman–Crippen MR) is 113 cm³/mol. The Morgan fingerprint density at radius 1 is 0.767 bits per heavy atom. The fourth-order valence-corrected chi connectivity index (χ4v) is 2.90. The van der Waals surface area contributed by atoms with Gasteiger partial charge in [-0.15, -0.1) is 0 Å². The van der Waals surface area contributed by atoms with Gasteiger partial charge in [0.2, 0.25) is 0 Å². The minimum absolute atomic E-state index is 0.256. The van der Waals surface area contributed by atoms with E-state index in [2.05, 4.69) is 21.3 Å². The Balaban J connectivity index is 0.000000300. The van der Waals surface area contributed by atoms with Gasteiger partial charge in [-0.05, 0) is 67.5 Å². The van der Waals surface area contributed by atoms with Crippen molar-refractivity contribution in [3.05, 3.63) is 0 Å². The first-order valence-corrected chi connectivity index (χ1v) is 10.5. The van der Waals surface area contributed by atoms with Gasteiger partial charge in [-0.3, -0.25) is 0 Å². The molecule has 2 aliphatic heterocycles. The van der Waals surface area contributed by atoms with Crippen molar-refractivity contribution in [3.63, 3.8) is 0 Å². The Hall–Kier alpha value is -1.62. The van der Waals surface area contributed by atoms with Crippen LogP contribution in [0.4, 0.5) is 9.59 Å². The molecule has 0 bridgehead atoms. The minimum atomic E-state index is -0.503. The summed E-state index contributed by atoms with van der Waals surface area (Å²) in [6.45, 7) is 13.6. The molecule has 10 heteroatoms. The average Bonchev–Trinajstić information content (AvgIpc) is 2.56. The lowest BCUT2D eigenvalue weighted by Gasteiger charge is -2.30. The van der Waals surface area contributed by atoms with Crippen LogP contribution in [0.1, 0.15) is 54.4 Å². The highest BCUT2D eigenvalue weighted by Crippen LogP contribution is 2.10. The zero-order chi connectivity index (χ0) is 22.9. The third-order valence-corrected chi connectivity index (χ3v) is 4.30. The van der Waals surface area contributed by atoms with E-state index in [1.54, 1.807) is 0 Å². The molecule has 0 radical (unpaired) electrons. The summed E-state index contributed by atoms with van der Waals surface area (Å²) >= 11 is 0. The molecule has 0 spiro atoms.